The number of fused-ring (bicyclic) bond motifs is 4. The van der Waals surface area contributed by atoms with Gasteiger partial charge in [-0.2, -0.15) is 0 Å². The van der Waals surface area contributed by atoms with Crippen LogP contribution in [0.1, 0.15) is 156 Å². The number of rotatable bonds is 29. The summed E-state index contributed by atoms with van der Waals surface area (Å²) in [5.41, 5.74) is -1.51. The van der Waals surface area contributed by atoms with E-state index in [0.29, 0.717) is 31.0 Å². The molecule has 11 nitrogen and oxygen atoms in total. The van der Waals surface area contributed by atoms with E-state index >= 15 is 0 Å². The van der Waals surface area contributed by atoms with Gasteiger partial charge < -0.3 is 28.8 Å². The number of unbranched alkanes of at least 4 members (excludes halogenated alkanes) is 4. The third kappa shape index (κ3) is 20.5. The van der Waals surface area contributed by atoms with Gasteiger partial charge in [-0.15, -0.1) is 0 Å². The van der Waals surface area contributed by atoms with E-state index in [-0.39, 0.29) is 88.1 Å². The fraction of sp³-hybridized carbons (Fsp3) is 0.795. The Morgan fingerprint density at radius 3 is 1.56 bits per heavy atom. The molecule has 11 heteroatoms. The number of carbonyl (C=O) groups excluding carboxylic acids is 5. The van der Waals surface area contributed by atoms with E-state index in [1.807, 2.05) is 0 Å². The summed E-state index contributed by atoms with van der Waals surface area (Å²) in [7, 11) is 0. The van der Waals surface area contributed by atoms with Crippen LogP contribution < -0.4 is 0 Å². The van der Waals surface area contributed by atoms with Crippen molar-refractivity contribution in [3.8, 4) is 0 Å². The molecule has 2 bridgehead atoms. The summed E-state index contributed by atoms with van der Waals surface area (Å²) in [5, 5.41) is 10.6. The van der Waals surface area contributed by atoms with Crippen molar-refractivity contribution in [2.24, 2.45) is 28.6 Å². The van der Waals surface area contributed by atoms with Gasteiger partial charge in [0.2, 0.25) is 0 Å². The zero-order valence-electron chi connectivity index (χ0n) is 34.5. The van der Waals surface area contributed by atoms with E-state index in [4.69, 9.17) is 23.7 Å². The summed E-state index contributed by atoms with van der Waals surface area (Å²) in [4.78, 5) is 63.1. The predicted molar refractivity (Wildman–Crippen MR) is 211 cm³/mol. The minimum Gasteiger partial charge on any atom is -0.466 e. The quantitative estimate of drug-likeness (QED) is 0.0337. The summed E-state index contributed by atoms with van der Waals surface area (Å²) < 4.78 is 27.3. The average molecular weight is 777 g/mol. The van der Waals surface area contributed by atoms with Crippen LogP contribution in [0.15, 0.2) is 24.3 Å². The summed E-state index contributed by atoms with van der Waals surface area (Å²) in [5.74, 6) is -0.582. The summed E-state index contributed by atoms with van der Waals surface area (Å²) in [6, 6.07) is 0. The van der Waals surface area contributed by atoms with Gasteiger partial charge in [0.15, 0.2) is 0 Å². The highest BCUT2D eigenvalue weighted by Crippen LogP contribution is 2.54. The molecule has 0 aliphatic heterocycles. The molecule has 3 rings (SSSR count). The van der Waals surface area contributed by atoms with Gasteiger partial charge in [-0.1, -0.05) is 52.0 Å². The highest BCUT2D eigenvalue weighted by Gasteiger charge is 2.45. The lowest BCUT2D eigenvalue weighted by atomic mass is 9.65. The first-order valence-corrected chi connectivity index (χ1v) is 21.1. The van der Waals surface area contributed by atoms with Crippen LogP contribution >= 0.6 is 0 Å². The van der Waals surface area contributed by atoms with Gasteiger partial charge in [0.1, 0.15) is 19.8 Å². The molecule has 0 aromatic rings. The largest absolute Gasteiger partial charge is 0.466 e. The zero-order chi connectivity index (χ0) is 40.4. The lowest BCUT2D eigenvalue weighted by Gasteiger charge is -2.40. The number of carbonyl (C=O) groups is 5. The molecular weight excluding hydrogens is 704 g/mol. The molecule has 3 aliphatic carbocycles. The molecule has 0 saturated heterocycles. The van der Waals surface area contributed by atoms with Gasteiger partial charge >= 0.3 is 29.8 Å². The topological polar surface area (TPSA) is 152 Å². The summed E-state index contributed by atoms with van der Waals surface area (Å²) >= 11 is 0. The minimum atomic E-state index is -1.39. The number of hydrogen-bond acceptors (Lipinski definition) is 11. The third-order valence-corrected chi connectivity index (χ3v) is 10.9. The van der Waals surface area contributed by atoms with Crippen LogP contribution in [0.3, 0.4) is 0 Å². The smallest absolute Gasteiger partial charge is 0.306 e. The molecule has 314 valence electrons. The fourth-order valence-electron chi connectivity index (χ4n) is 7.87. The number of aliphatic hydroxyl groups is 1. The van der Waals surface area contributed by atoms with Crippen LogP contribution in [0.2, 0.25) is 0 Å². The molecule has 0 radical (unpaired) electrons. The maximum absolute atomic E-state index is 13.4. The molecule has 4 atom stereocenters. The second-order valence-electron chi connectivity index (χ2n) is 16.2. The normalized spacial score (nSPS) is 21.0. The number of esters is 5. The van der Waals surface area contributed by atoms with Crippen molar-refractivity contribution in [2.45, 2.75) is 156 Å². The molecule has 0 heterocycles. The maximum Gasteiger partial charge on any atom is 0.306 e. The molecule has 3 unspecified atom stereocenters. The highest BCUT2D eigenvalue weighted by atomic mass is 16.6. The van der Waals surface area contributed by atoms with Crippen molar-refractivity contribution in [2.75, 3.05) is 39.6 Å². The molecule has 3 aliphatic rings. The molecule has 0 spiro atoms. The second kappa shape index (κ2) is 27.4. The Hall–Kier alpha value is -3.21. The first-order valence-electron chi connectivity index (χ1n) is 21.1. The van der Waals surface area contributed by atoms with Crippen molar-refractivity contribution in [1.82, 2.24) is 0 Å². The van der Waals surface area contributed by atoms with Crippen LogP contribution in [-0.2, 0) is 47.7 Å². The number of aliphatic hydroxyl groups excluding tert-OH is 1. The van der Waals surface area contributed by atoms with E-state index in [1.54, 1.807) is 0 Å². The lowest BCUT2D eigenvalue weighted by Crippen LogP contribution is -2.43. The van der Waals surface area contributed by atoms with Crippen molar-refractivity contribution < 1.29 is 52.8 Å². The molecule has 1 N–H and O–H groups in total. The van der Waals surface area contributed by atoms with Crippen molar-refractivity contribution in [1.29, 1.82) is 0 Å². The Morgan fingerprint density at radius 2 is 1.11 bits per heavy atom. The zero-order valence-corrected chi connectivity index (χ0v) is 34.5. The van der Waals surface area contributed by atoms with Gasteiger partial charge in [0.25, 0.3) is 0 Å². The first kappa shape index (κ1) is 47.9. The van der Waals surface area contributed by atoms with E-state index in [2.05, 4.69) is 52.0 Å². The number of ether oxygens (including phenoxy) is 5. The first-order chi connectivity index (χ1) is 26.4. The molecule has 0 aromatic heterocycles. The van der Waals surface area contributed by atoms with E-state index in [0.717, 1.165) is 77.0 Å². The standard InChI is InChI=1S/C44H72O11/c1-5-7-9-11-13-15-25-51-38(46)19-17-21-40(48)53-32-44(31-45,33-54-41(49)22-18-20-39(47)52-26-16-14-12-10-8-6-2)34-55-42(50)30-43-24-23-37(36(4)29-43)27-35(3)28-43/h7-10,35-37,45H,5-6,11-34H2,1-4H3/b9-7-,10-8-/t35?,36?,37-,43?/m0/s1. The van der Waals surface area contributed by atoms with Crippen LogP contribution in [0.25, 0.3) is 0 Å². The molecule has 0 aromatic carbocycles. The molecule has 55 heavy (non-hydrogen) atoms. The van der Waals surface area contributed by atoms with Gasteiger partial charge in [-0.05, 0) is 119 Å². The SMILES string of the molecule is CC/C=C\CCCCOC(=O)CCCC(=O)OCC(CO)(COC(=O)CCCC(=O)OCCCC/C=C\CC)COC(=O)CC12CC[C@@H](CC(C)C1)C(C)C2. The summed E-state index contributed by atoms with van der Waals surface area (Å²) in [6.45, 7) is 7.74. The maximum atomic E-state index is 13.4. The predicted octanol–water partition coefficient (Wildman–Crippen LogP) is 8.54. The number of hydrogen-bond donors (Lipinski definition) is 1. The number of allylic oxidation sites excluding steroid dienone is 4. The van der Waals surface area contributed by atoms with Crippen LogP contribution in [-0.4, -0.2) is 74.6 Å². The lowest BCUT2D eigenvalue weighted by molar-refractivity contribution is -0.166. The van der Waals surface area contributed by atoms with Gasteiger partial charge in [-0.25, -0.2) is 0 Å². The van der Waals surface area contributed by atoms with Crippen LogP contribution in [0.4, 0.5) is 0 Å². The third-order valence-electron chi connectivity index (χ3n) is 10.9. The minimum absolute atomic E-state index is 0.0517. The van der Waals surface area contributed by atoms with Gasteiger partial charge in [0.05, 0.1) is 31.7 Å². The summed E-state index contributed by atoms with van der Waals surface area (Å²) in [6.07, 6.45) is 21.7. The average Bonchev–Trinajstić information content (AvgIpc) is 3.38. The van der Waals surface area contributed by atoms with Crippen molar-refractivity contribution in [3.05, 3.63) is 24.3 Å². The Balaban J connectivity index is 1.88. The van der Waals surface area contributed by atoms with Crippen LogP contribution in [0.5, 0.6) is 0 Å². The molecule has 3 fully saturated rings. The van der Waals surface area contributed by atoms with Gasteiger partial charge in [0, 0.05) is 25.7 Å². The molecular formula is C44H72O11. The molecule has 0 amide bonds. The Bertz CT molecular complexity index is 1150. The van der Waals surface area contributed by atoms with Gasteiger partial charge in [-0.3, -0.25) is 24.0 Å². The highest BCUT2D eigenvalue weighted by molar-refractivity contribution is 5.73. The van der Waals surface area contributed by atoms with E-state index in [1.165, 1.54) is 6.42 Å². The van der Waals surface area contributed by atoms with Crippen molar-refractivity contribution >= 4 is 29.8 Å². The second-order valence-corrected chi connectivity index (χ2v) is 16.2. The molecule has 3 saturated carbocycles. The van der Waals surface area contributed by atoms with Crippen molar-refractivity contribution in [3.63, 3.8) is 0 Å². The van der Waals surface area contributed by atoms with Crippen LogP contribution in [0, 0.1) is 28.6 Å². The Kier molecular flexibility index (Phi) is 23.9. The Labute approximate surface area is 330 Å². The van der Waals surface area contributed by atoms with E-state index in [9.17, 15) is 29.1 Å². The van der Waals surface area contributed by atoms with E-state index < -0.39 is 24.0 Å². The monoisotopic (exact) mass is 777 g/mol. The fourth-order valence-corrected chi connectivity index (χ4v) is 7.87. The Morgan fingerprint density at radius 1 is 0.636 bits per heavy atom.